The Bertz CT molecular complexity index is 913. The zero-order valence-corrected chi connectivity index (χ0v) is 18.1. The van der Waals surface area contributed by atoms with E-state index >= 15 is 0 Å². The molecule has 2 aliphatic rings. The molecule has 2 heterocycles. The maximum absolute atomic E-state index is 13.1. The second-order valence-electron chi connectivity index (χ2n) is 8.94. The molecule has 2 aromatic rings. The van der Waals surface area contributed by atoms with Gasteiger partial charge in [-0.2, -0.15) is 0 Å². The van der Waals surface area contributed by atoms with E-state index in [0.29, 0.717) is 12.5 Å². The maximum atomic E-state index is 13.1. The topological polar surface area (TPSA) is 111 Å². The largest absolute Gasteiger partial charge is 0.394 e. The lowest BCUT2D eigenvalue weighted by atomic mass is 9.93. The third kappa shape index (κ3) is 4.50. The maximum Gasteiger partial charge on any atom is 0.319 e. The number of nitrogens with zero attached hydrogens (tertiary/aromatic N) is 3. The highest BCUT2D eigenvalue weighted by Crippen LogP contribution is 2.38. The van der Waals surface area contributed by atoms with Gasteiger partial charge in [-0.15, -0.1) is 0 Å². The predicted octanol–water partition coefficient (Wildman–Crippen LogP) is 2.69. The summed E-state index contributed by atoms with van der Waals surface area (Å²) in [6, 6.07) is 8.98. The van der Waals surface area contributed by atoms with E-state index in [1.165, 1.54) is 0 Å². The number of benzene rings is 1. The van der Waals surface area contributed by atoms with Crippen LogP contribution in [0.2, 0.25) is 0 Å². The molecular formula is C23H31N5O3. The van der Waals surface area contributed by atoms with Crippen LogP contribution < -0.4 is 10.6 Å². The number of hydrogen-bond acceptors (Lipinski definition) is 6. The third-order valence-corrected chi connectivity index (χ3v) is 6.47. The summed E-state index contributed by atoms with van der Waals surface area (Å²) in [5.41, 5.74) is 2.04. The zero-order valence-electron chi connectivity index (χ0n) is 18.1. The minimum atomic E-state index is -0.566. The molecule has 1 aromatic heterocycles. The summed E-state index contributed by atoms with van der Waals surface area (Å²) in [5.74, 6) is 0.565. The molecule has 1 saturated carbocycles. The number of hydrogen-bond donors (Lipinski definition) is 4. The highest BCUT2D eigenvalue weighted by atomic mass is 16.3. The van der Waals surface area contributed by atoms with E-state index in [9.17, 15) is 15.0 Å². The van der Waals surface area contributed by atoms with Crippen LogP contribution in [0.25, 0.3) is 0 Å². The van der Waals surface area contributed by atoms with E-state index < -0.39 is 11.6 Å². The third-order valence-electron chi connectivity index (χ3n) is 6.47. The van der Waals surface area contributed by atoms with Crippen molar-refractivity contribution in [2.45, 2.75) is 69.8 Å². The van der Waals surface area contributed by atoms with Gasteiger partial charge in [-0.05, 0) is 45.1 Å². The van der Waals surface area contributed by atoms with Crippen LogP contribution in [0.3, 0.4) is 0 Å². The molecule has 166 valence electrons. The summed E-state index contributed by atoms with van der Waals surface area (Å²) >= 11 is 0. The summed E-state index contributed by atoms with van der Waals surface area (Å²) in [6.45, 7) is 4.16. The number of fused-ring (bicyclic) bond motifs is 1. The molecule has 1 aromatic carbocycles. The van der Waals surface area contributed by atoms with Gasteiger partial charge in [-0.25, -0.2) is 14.8 Å². The number of anilines is 1. The van der Waals surface area contributed by atoms with Crippen molar-refractivity contribution in [1.82, 2.24) is 20.2 Å². The number of rotatable bonds is 5. The molecule has 0 unspecified atom stereocenters. The second-order valence-corrected chi connectivity index (χ2v) is 8.94. The Kier molecular flexibility index (Phi) is 6.11. The van der Waals surface area contributed by atoms with Crippen LogP contribution in [-0.4, -0.2) is 49.9 Å². The predicted molar refractivity (Wildman–Crippen MR) is 117 cm³/mol. The van der Waals surface area contributed by atoms with Crippen LogP contribution in [0.4, 0.5) is 10.7 Å². The van der Waals surface area contributed by atoms with Gasteiger partial charge in [0.1, 0.15) is 0 Å². The lowest BCUT2D eigenvalue weighted by Gasteiger charge is -2.33. The van der Waals surface area contributed by atoms with Crippen molar-refractivity contribution in [3.8, 4) is 0 Å². The normalized spacial score (nSPS) is 23.2. The Morgan fingerprint density at radius 3 is 2.61 bits per heavy atom. The van der Waals surface area contributed by atoms with Crippen molar-refractivity contribution in [3.63, 3.8) is 0 Å². The van der Waals surface area contributed by atoms with Gasteiger partial charge in [0.2, 0.25) is 5.95 Å². The molecule has 8 nitrogen and oxygen atoms in total. The molecule has 0 radical (unpaired) electrons. The van der Waals surface area contributed by atoms with Crippen LogP contribution in [0.15, 0.2) is 36.5 Å². The number of carbonyl (C=O) groups excluding carboxylic acids is 1. The van der Waals surface area contributed by atoms with E-state index in [2.05, 4.69) is 15.6 Å². The van der Waals surface area contributed by atoms with Crippen LogP contribution in [0.1, 0.15) is 62.4 Å². The Morgan fingerprint density at radius 2 is 1.94 bits per heavy atom. The van der Waals surface area contributed by atoms with Gasteiger partial charge in [0.25, 0.3) is 0 Å². The van der Waals surface area contributed by atoms with Crippen molar-refractivity contribution in [3.05, 3.63) is 53.3 Å². The van der Waals surface area contributed by atoms with E-state index in [-0.39, 0.29) is 24.8 Å². The number of aliphatic hydroxyl groups is 2. The smallest absolute Gasteiger partial charge is 0.319 e. The number of aromatic nitrogens is 2. The van der Waals surface area contributed by atoms with Crippen LogP contribution in [-0.2, 0) is 12.1 Å². The number of urea groups is 1. The molecule has 0 saturated heterocycles. The summed E-state index contributed by atoms with van der Waals surface area (Å²) in [4.78, 5) is 24.0. The summed E-state index contributed by atoms with van der Waals surface area (Å²) in [6.07, 6.45) is 4.96. The van der Waals surface area contributed by atoms with Gasteiger partial charge in [0, 0.05) is 17.8 Å². The molecule has 1 fully saturated rings. The molecule has 1 aliphatic carbocycles. The van der Waals surface area contributed by atoms with Gasteiger partial charge in [-0.3, -0.25) is 0 Å². The molecule has 8 heteroatoms. The Morgan fingerprint density at radius 1 is 1.23 bits per heavy atom. The minimum absolute atomic E-state index is 0.180. The molecular weight excluding hydrogens is 394 g/mol. The molecule has 0 spiro atoms. The zero-order chi connectivity index (χ0) is 22.0. The van der Waals surface area contributed by atoms with Crippen molar-refractivity contribution in [1.29, 1.82) is 0 Å². The van der Waals surface area contributed by atoms with Gasteiger partial charge >= 0.3 is 6.03 Å². The number of carbonyl (C=O) groups is 1. The first-order chi connectivity index (χ1) is 14.9. The monoisotopic (exact) mass is 425 g/mol. The Balaban J connectivity index is 1.46. The first-order valence-electron chi connectivity index (χ1n) is 10.9. The molecule has 2 amide bonds. The van der Waals surface area contributed by atoms with Gasteiger partial charge in [-0.1, -0.05) is 30.3 Å². The summed E-state index contributed by atoms with van der Waals surface area (Å²) in [5, 5.41) is 25.8. The Labute approximate surface area is 182 Å². The molecule has 31 heavy (non-hydrogen) atoms. The second kappa shape index (κ2) is 8.80. The van der Waals surface area contributed by atoms with Crippen LogP contribution in [0.5, 0.6) is 0 Å². The fraction of sp³-hybridized carbons (Fsp3) is 0.522. The van der Waals surface area contributed by atoms with E-state index in [1.54, 1.807) is 11.1 Å². The summed E-state index contributed by atoms with van der Waals surface area (Å²) < 4.78 is 0. The molecule has 1 atom stereocenters. The van der Waals surface area contributed by atoms with Crippen LogP contribution in [0, 0.1) is 0 Å². The van der Waals surface area contributed by atoms with Crippen molar-refractivity contribution < 1.29 is 15.0 Å². The van der Waals surface area contributed by atoms with Crippen molar-refractivity contribution >= 4 is 12.0 Å². The average molecular weight is 426 g/mol. The van der Waals surface area contributed by atoms with Crippen molar-refractivity contribution in [2.24, 2.45) is 0 Å². The SMILES string of the molecule is CC1(C)c2cnc(NC3CCC(O)CC3)nc2CN1C(=O)N[C@H](CO)c1ccccc1. The van der Waals surface area contributed by atoms with E-state index in [4.69, 9.17) is 4.98 Å². The first-order valence-corrected chi connectivity index (χ1v) is 10.9. The van der Waals surface area contributed by atoms with Gasteiger partial charge < -0.3 is 25.7 Å². The van der Waals surface area contributed by atoms with E-state index in [0.717, 1.165) is 42.5 Å². The average Bonchev–Trinajstić information content (AvgIpc) is 3.04. The first kappa shape index (κ1) is 21.5. The molecule has 0 bridgehead atoms. The fourth-order valence-electron chi connectivity index (χ4n) is 4.49. The fourth-order valence-corrected chi connectivity index (χ4v) is 4.49. The molecule has 1 aliphatic heterocycles. The van der Waals surface area contributed by atoms with E-state index in [1.807, 2.05) is 44.2 Å². The van der Waals surface area contributed by atoms with Gasteiger partial charge in [0.05, 0.1) is 36.5 Å². The standard InChI is InChI=1S/C23H31N5O3/c1-23(2)18-12-24-21(25-16-8-10-17(30)11-9-16)26-19(18)13-28(23)22(31)27-20(14-29)15-6-4-3-5-7-15/h3-7,12,16-17,20,29-30H,8-11,13-14H2,1-2H3,(H,27,31)(H,24,25,26)/t16?,17?,20-/m1/s1. The number of nitrogens with one attached hydrogen (secondary N) is 2. The summed E-state index contributed by atoms with van der Waals surface area (Å²) in [7, 11) is 0. The molecule has 4 N–H and O–H groups in total. The number of aliphatic hydroxyl groups excluding tert-OH is 2. The Hall–Kier alpha value is -2.71. The lowest BCUT2D eigenvalue weighted by Crippen LogP contribution is -2.47. The highest BCUT2D eigenvalue weighted by Gasteiger charge is 2.42. The van der Waals surface area contributed by atoms with Gasteiger partial charge in [0.15, 0.2) is 0 Å². The molecule has 4 rings (SSSR count). The minimum Gasteiger partial charge on any atom is -0.394 e. The highest BCUT2D eigenvalue weighted by molar-refractivity contribution is 5.77. The van der Waals surface area contributed by atoms with Crippen molar-refractivity contribution in [2.75, 3.05) is 11.9 Å². The lowest BCUT2D eigenvalue weighted by molar-refractivity contribution is 0.126. The number of amides is 2. The quantitative estimate of drug-likeness (QED) is 0.586. The van der Waals surface area contributed by atoms with Crippen LogP contribution >= 0.6 is 0 Å².